The highest BCUT2D eigenvalue weighted by atomic mass is 16.3. The molecule has 43 heavy (non-hydrogen) atoms. The lowest BCUT2D eigenvalue weighted by atomic mass is 10.0. The normalized spacial score (nSPS) is 13.3. The second-order valence-corrected chi connectivity index (χ2v) is 13.0. The molecule has 0 aliphatic rings. The number of amides is 1. The van der Waals surface area contributed by atoms with E-state index in [1.54, 1.807) is 6.08 Å². The zero-order chi connectivity index (χ0) is 31.5. The van der Waals surface area contributed by atoms with Crippen LogP contribution in [0.4, 0.5) is 0 Å². The summed E-state index contributed by atoms with van der Waals surface area (Å²) in [7, 11) is 0. The quantitative estimate of drug-likeness (QED) is 0.0505. The molecule has 1 amide bonds. The lowest BCUT2D eigenvalue weighted by Gasteiger charge is -2.19. The predicted molar refractivity (Wildman–Crippen MR) is 189 cm³/mol. The van der Waals surface area contributed by atoms with E-state index in [-0.39, 0.29) is 12.5 Å². The van der Waals surface area contributed by atoms with E-state index in [1.165, 1.54) is 141 Å². The van der Waals surface area contributed by atoms with Gasteiger partial charge in [-0.25, -0.2) is 0 Å². The van der Waals surface area contributed by atoms with Crippen LogP contribution < -0.4 is 5.32 Å². The summed E-state index contributed by atoms with van der Waals surface area (Å²) in [5.74, 6) is -0.0871. The van der Waals surface area contributed by atoms with Crippen molar-refractivity contribution >= 4 is 5.91 Å². The van der Waals surface area contributed by atoms with Gasteiger partial charge in [0.25, 0.3) is 0 Å². The summed E-state index contributed by atoms with van der Waals surface area (Å²) in [6.45, 7) is 4.21. The minimum atomic E-state index is -0.854. The van der Waals surface area contributed by atoms with Crippen LogP contribution in [0.25, 0.3) is 0 Å². The van der Waals surface area contributed by atoms with Crippen LogP contribution in [0.15, 0.2) is 24.3 Å². The molecule has 0 aromatic rings. The first-order valence-electron chi connectivity index (χ1n) is 19.1. The van der Waals surface area contributed by atoms with Crippen molar-refractivity contribution in [2.45, 2.75) is 212 Å². The van der Waals surface area contributed by atoms with Crippen LogP contribution in [0.2, 0.25) is 0 Å². The molecule has 4 heteroatoms. The number of carbonyl (C=O) groups is 1. The molecule has 254 valence electrons. The number of hydrogen-bond donors (Lipinski definition) is 3. The molecule has 0 aliphatic carbocycles. The summed E-state index contributed by atoms with van der Waals surface area (Å²) in [5, 5.41) is 22.6. The Hall–Kier alpha value is -1.13. The van der Waals surface area contributed by atoms with Crippen molar-refractivity contribution in [3.05, 3.63) is 24.3 Å². The Labute approximate surface area is 269 Å². The molecule has 0 bridgehead atoms. The van der Waals surface area contributed by atoms with E-state index in [1.807, 2.05) is 6.08 Å². The third-order valence-corrected chi connectivity index (χ3v) is 8.69. The van der Waals surface area contributed by atoms with E-state index < -0.39 is 12.1 Å². The molecule has 0 fully saturated rings. The molecular formula is C39H75NO3. The van der Waals surface area contributed by atoms with Gasteiger partial charge in [-0.15, -0.1) is 0 Å². The Bertz CT molecular complexity index is 618. The maximum absolute atomic E-state index is 12.1. The molecule has 0 spiro atoms. The summed E-state index contributed by atoms with van der Waals surface area (Å²) in [6, 6.07) is -0.630. The summed E-state index contributed by atoms with van der Waals surface area (Å²) in [4.78, 5) is 12.1. The van der Waals surface area contributed by atoms with E-state index in [0.717, 1.165) is 38.5 Å². The number of hydrogen-bond acceptors (Lipinski definition) is 3. The van der Waals surface area contributed by atoms with Gasteiger partial charge in [0.15, 0.2) is 0 Å². The summed E-state index contributed by atoms with van der Waals surface area (Å²) in [5.41, 5.74) is 0. The molecule has 0 aliphatic heterocycles. The molecule has 2 unspecified atom stereocenters. The SMILES string of the molecule is CCCCCCCCCCCCCCCCCCCCCC/C=C/CC/C=C/C(O)C(CO)NC(=O)CCCCCCC. The highest BCUT2D eigenvalue weighted by Crippen LogP contribution is 2.15. The molecule has 0 saturated heterocycles. The Kier molecular flexibility index (Phi) is 34.4. The maximum Gasteiger partial charge on any atom is 0.220 e. The van der Waals surface area contributed by atoms with Gasteiger partial charge in [0.2, 0.25) is 5.91 Å². The molecule has 0 rings (SSSR count). The van der Waals surface area contributed by atoms with Crippen molar-refractivity contribution < 1.29 is 15.0 Å². The number of carbonyl (C=O) groups excluding carboxylic acids is 1. The molecule has 3 N–H and O–H groups in total. The van der Waals surface area contributed by atoms with Gasteiger partial charge in [-0.1, -0.05) is 186 Å². The second kappa shape index (κ2) is 35.4. The van der Waals surface area contributed by atoms with E-state index in [9.17, 15) is 15.0 Å². The zero-order valence-corrected chi connectivity index (χ0v) is 29.0. The smallest absolute Gasteiger partial charge is 0.220 e. The van der Waals surface area contributed by atoms with Crippen LogP contribution in [-0.4, -0.2) is 34.9 Å². The van der Waals surface area contributed by atoms with Crippen LogP contribution in [0, 0.1) is 0 Å². The first kappa shape index (κ1) is 41.9. The number of unbranched alkanes of at least 4 members (excludes halogenated alkanes) is 25. The maximum atomic E-state index is 12.1. The molecule has 4 nitrogen and oxygen atoms in total. The monoisotopic (exact) mass is 606 g/mol. The fraction of sp³-hybridized carbons (Fsp3) is 0.872. The third kappa shape index (κ3) is 32.1. The lowest BCUT2D eigenvalue weighted by molar-refractivity contribution is -0.123. The Morgan fingerprint density at radius 1 is 0.535 bits per heavy atom. The second-order valence-electron chi connectivity index (χ2n) is 13.0. The Morgan fingerprint density at radius 3 is 1.35 bits per heavy atom. The van der Waals surface area contributed by atoms with E-state index in [0.29, 0.717) is 6.42 Å². The average Bonchev–Trinajstić information content (AvgIpc) is 3.01. The summed E-state index contributed by atoms with van der Waals surface area (Å²) >= 11 is 0. The van der Waals surface area contributed by atoms with Crippen molar-refractivity contribution in [1.82, 2.24) is 5.32 Å². The van der Waals surface area contributed by atoms with Crippen molar-refractivity contribution in [1.29, 1.82) is 0 Å². The van der Waals surface area contributed by atoms with E-state index in [2.05, 4.69) is 31.3 Å². The van der Waals surface area contributed by atoms with Gasteiger partial charge in [-0.05, 0) is 32.1 Å². The zero-order valence-electron chi connectivity index (χ0n) is 29.0. The van der Waals surface area contributed by atoms with Crippen LogP contribution in [0.3, 0.4) is 0 Å². The molecule has 2 atom stereocenters. The fourth-order valence-corrected chi connectivity index (χ4v) is 5.72. The standard InChI is InChI=1S/C39H75NO3/c1-3-5-7-9-10-11-12-13-14-15-16-17-18-19-20-21-22-23-24-25-26-27-28-29-31-32-34-38(42)37(36-41)40-39(43)35-33-30-8-6-4-2/h27-28,32,34,37-38,41-42H,3-26,29-31,33,35-36H2,1-2H3,(H,40,43)/b28-27+,34-32+. The molecule has 0 aromatic heterocycles. The largest absolute Gasteiger partial charge is 0.394 e. The van der Waals surface area contributed by atoms with Crippen molar-refractivity contribution in [3.63, 3.8) is 0 Å². The fourth-order valence-electron chi connectivity index (χ4n) is 5.72. The van der Waals surface area contributed by atoms with Gasteiger partial charge in [0.05, 0.1) is 18.8 Å². The predicted octanol–water partition coefficient (Wildman–Crippen LogP) is 11.3. The van der Waals surface area contributed by atoms with Crippen LogP contribution in [0.5, 0.6) is 0 Å². The summed E-state index contributed by atoms with van der Waals surface area (Å²) in [6.07, 6.45) is 44.6. The molecule has 0 heterocycles. The summed E-state index contributed by atoms with van der Waals surface area (Å²) < 4.78 is 0. The van der Waals surface area contributed by atoms with Gasteiger partial charge < -0.3 is 15.5 Å². The first-order chi connectivity index (χ1) is 21.2. The van der Waals surface area contributed by atoms with E-state index >= 15 is 0 Å². The number of allylic oxidation sites excluding steroid dienone is 3. The van der Waals surface area contributed by atoms with Gasteiger partial charge in [0.1, 0.15) is 0 Å². The number of aliphatic hydroxyl groups is 2. The molecule has 0 saturated carbocycles. The van der Waals surface area contributed by atoms with Crippen molar-refractivity contribution in [3.8, 4) is 0 Å². The number of nitrogens with one attached hydrogen (secondary N) is 1. The number of rotatable bonds is 34. The average molecular weight is 606 g/mol. The van der Waals surface area contributed by atoms with Gasteiger partial charge in [-0.2, -0.15) is 0 Å². The Balaban J connectivity index is 3.47. The minimum Gasteiger partial charge on any atom is -0.394 e. The first-order valence-corrected chi connectivity index (χ1v) is 19.1. The molecular weight excluding hydrogens is 530 g/mol. The third-order valence-electron chi connectivity index (χ3n) is 8.69. The highest BCUT2D eigenvalue weighted by Gasteiger charge is 2.17. The van der Waals surface area contributed by atoms with Gasteiger partial charge >= 0.3 is 0 Å². The molecule has 0 radical (unpaired) electrons. The van der Waals surface area contributed by atoms with Crippen LogP contribution >= 0.6 is 0 Å². The molecule has 0 aromatic carbocycles. The van der Waals surface area contributed by atoms with Crippen LogP contribution in [0.1, 0.15) is 200 Å². The van der Waals surface area contributed by atoms with Crippen molar-refractivity contribution in [2.75, 3.05) is 6.61 Å². The lowest BCUT2D eigenvalue weighted by Crippen LogP contribution is -2.45. The van der Waals surface area contributed by atoms with Crippen LogP contribution in [-0.2, 0) is 4.79 Å². The topological polar surface area (TPSA) is 69.6 Å². The number of aliphatic hydroxyl groups excluding tert-OH is 2. The minimum absolute atomic E-state index is 0.0871. The van der Waals surface area contributed by atoms with Crippen molar-refractivity contribution in [2.24, 2.45) is 0 Å². The Morgan fingerprint density at radius 2 is 0.907 bits per heavy atom. The van der Waals surface area contributed by atoms with Gasteiger partial charge in [0, 0.05) is 6.42 Å². The highest BCUT2D eigenvalue weighted by molar-refractivity contribution is 5.76. The van der Waals surface area contributed by atoms with E-state index in [4.69, 9.17) is 0 Å². The van der Waals surface area contributed by atoms with Gasteiger partial charge in [-0.3, -0.25) is 4.79 Å².